The van der Waals surface area contributed by atoms with Crippen molar-refractivity contribution in [3.8, 4) is 11.3 Å². The summed E-state index contributed by atoms with van der Waals surface area (Å²) in [4.78, 5) is 14.4. The Bertz CT molecular complexity index is 1890. The highest BCUT2D eigenvalue weighted by molar-refractivity contribution is 6.07. The number of pyridine rings is 2. The molecule has 5 aromatic rings. The van der Waals surface area contributed by atoms with E-state index in [1.807, 2.05) is 18.5 Å². The molecule has 0 saturated heterocycles. The van der Waals surface area contributed by atoms with Crippen molar-refractivity contribution in [3.05, 3.63) is 126 Å². The average molecular weight is 489 g/mol. The molecule has 8 rings (SSSR count). The Morgan fingerprint density at radius 1 is 0.789 bits per heavy atom. The first-order valence-electron chi connectivity index (χ1n) is 13.1. The molecule has 180 valence electrons. The molecule has 0 fully saturated rings. The highest BCUT2D eigenvalue weighted by atomic mass is 14.9. The van der Waals surface area contributed by atoms with Gasteiger partial charge in [-0.25, -0.2) is 4.98 Å². The van der Waals surface area contributed by atoms with Crippen LogP contribution in [0, 0.1) is 5.92 Å². The van der Waals surface area contributed by atoms with Gasteiger partial charge < -0.3 is 5.32 Å². The number of fused-ring (bicyclic) bond motifs is 7. The molecule has 0 amide bonds. The maximum Gasteiger partial charge on any atom is 0.0939 e. The highest BCUT2D eigenvalue weighted by Gasteiger charge is 2.24. The Hall–Kier alpha value is -4.83. The maximum atomic E-state index is 5.09. The van der Waals surface area contributed by atoms with Gasteiger partial charge in [-0.3, -0.25) is 9.98 Å². The van der Waals surface area contributed by atoms with Gasteiger partial charge in [0.2, 0.25) is 0 Å². The van der Waals surface area contributed by atoms with Gasteiger partial charge in [0, 0.05) is 34.8 Å². The first-order chi connectivity index (χ1) is 18.8. The average Bonchev–Trinajstić information content (AvgIpc) is 3.00. The Balaban J connectivity index is 1.17. The summed E-state index contributed by atoms with van der Waals surface area (Å²) in [6.45, 7) is 0. The molecular weight excluding hydrogens is 464 g/mol. The normalized spacial score (nSPS) is 19.0. The fourth-order valence-corrected chi connectivity index (χ4v) is 5.81. The lowest BCUT2D eigenvalue weighted by Crippen LogP contribution is -2.21. The number of benzene rings is 3. The van der Waals surface area contributed by atoms with Crippen molar-refractivity contribution in [3.63, 3.8) is 0 Å². The molecule has 0 spiro atoms. The van der Waals surface area contributed by atoms with Crippen LogP contribution < -0.4 is 5.32 Å². The molecule has 2 unspecified atom stereocenters. The number of anilines is 1. The summed E-state index contributed by atoms with van der Waals surface area (Å²) in [7, 11) is 0. The van der Waals surface area contributed by atoms with Crippen LogP contribution in [0.25, 0.3) is 45.1 Å². The summed E-state index contributed by atoms with van der Waals surface area (Å²) in [5, 5.41) is 7.30. The van der Waals surface area contributed by atoms with E-state index in [0.717, 1.165) is 51.2 Å². The molecule has 4 heteroatoms. The van der Waals surface area contributed by atoms with Crippen LogP contribution in [0.5, 0.6) is 0 Å². The Labute approximate surface area is 220 Å². The van der Waals surface area contributed by atoms with E-state index < -0.39 is 0 Å². The molecule has 3 aromatic carbocycles. The van der Waals surface area contributed by atoms with Crippen LogP contribution in [-0.4, -0.2) is 15.7 Å². The Kier molecular flexibility index (Phi) is 4.68. The van der Waals surface area contributed by atoms with Crippen LogP contribution in [0.1, 0.15) is 34.8 Å². The molecule has 38 heavy (non-hydrogen) atoms. The van der Waals surface area contributed by atoms with Gasteiger partial charge in [0.05, 0.1) is 34.3 Å². The van der Waals surface area contributed by atoms with Crippen LogP contribution in [0.3, 0.4) is 0 Å². The molecule has 3 aliphatic rings. The van der Waals surface area contributed by atoms with Gasteiger partial charge in [0.25, 0.3) is 0 Å². The Morgan fingerprint density at radius 2 is 1.68 bits per heavy atom. The molecule has 4 heterocycles. The lowest BCUT2D eigenvalue weighted by Gasteiger charge is -2.24. The van der Waals surface area contributed by atoms with Gasteiger partial charge in [0.15, 0.2) is 0 Å². The quantitative estimate of drug-likeness (QED) is 0.274. The van der Waals surface area contributed by atoms with Crippen molar-refractivity contribution in [1.82, 2.24) is 9.97 Å². The number of hydrogen-bond donors (Lipinski definition) is 1. The molecule has 2 aromatic heterocycles. The van der Waals surface area contributed by atoms with E-state index >= 15 is 0 Å². The summed E-state index contributed by atoms with van der Waals surface area (Å²) in [6, 6.07) is 26.1. The second kappa shape index (κ2) is 8.35. The molecule has 2 atom stereocenters. The fourth-order valence-electron chi connectivity index (χ4n) is 5.81. The summed E-state index contributed by atoms with van der Waals surface area (Å²) in [5.74, 6) is 0.322. The lowest BCUT2D eigenvalue weighted by molar-refractivity contribution is 0.855. The zero-order chi connectivity index (χ0) is 25.1. The minimum atomic E-state index is 0.0751. The largest absolute Gasteiger partial charge is 0.372 e. The first-order valence-corrected chi connectivity index (χ1v) is 13.1. The van der Waals surface area contributed by atoms with Gasteiger partial charge in [-0.1, -0.05) is 78.9 Å². The molecule has 0 bridgehead atoms. The fraction of sp³-hybridized carbons (Fsp3) is 0.0882. The van der Waals surface area contributed by atoms with Crippen LogP contribution in [0.2, 0.25) is 0 Å². The lowest BCUT2D eigenvalue weighted by atomic mass is 9.87. The minimum absolute atomic E-state index is 0.0751. The number of nitrogens with one attached hydrogen (secondary N) is 1. The molecule has 4 nitrogen and oxygen atoms in total. The van der Waals surface area contributed by atoms with E-state index in [0.29, 0.717) is 5.92 Å². The summed E-state index contributed by atoms with van der Waals surface area (Å²) >= 11 is 0. The van der Waals surface area contributed by atoms with E-state index in [1.54, 1.807) is 0 Å². The van der Waals surface area contributed by atoms with Crippen LogP contribution in [0.15, 0.2) is 108 Å². The predicted octanol–water partition coefficient (Wildman–Crippen LogP) is 7.98. The minimum Gasteiger partial charge on any atom is -0.372 e. The Morgan fingerprint density at radius 3 is 2.68 bits per heavy atom. The third-order valence-corrected chi connectivity index (χ3v) is 7.83. The monoisotopic (exact) mass is 488 g/mol. The van der Waals surface area contributed by atoms with Gasteiger partial charge in [-0.05, 0) is 52.6 Å². The van der Waals surface area contributed by atoms with Crippen molar-refractivity contribution in [2.24, 2.45) is 10.9 Å². The van der Waals surface area contributed by atoms with Crippen LogP contribution >= 0.6 is 0 Å². The number of aliphatic imine (C=N–C) groups is 1. The smallest absolute Gasteiger partial charge is 0.0939 e. The molecule has 0 saturated carbocycles. The molecule has 2 aliphatic heterocycles. The summed E-state index contributed by atoms with van der Waals surface area (Å²) < 4.78 is 0. The van der Waals surface area contributed by atoms with Crippen molar-refractivity contribution < 1.29 is 0 Å². The zero-order valence-corrected chi connectivity index (χ0v) is 20.7. The third-order valence-electron chi connectivity index (χ3n) is 7.83. The number of nitrogens with zero attached hydrogens (tertiary/aromatic N) is 3. The first kappa shape index (κ1) is 21.3. The molecule has 0 radical (unpaired) electrons. The van der Waals surface area contributed by atoms with E-state index in [-0.39, 0.29) is 6.04 Å². The summed E-state index contributed by atoms with van der Waals surface area (Å²) in [5.41, 5.74) is 9.80. The SMILES string of the molecule is C1=CN=C2c3nc(-c4ccc5ccc(C6C=Cc7ccc8cccnc8c7N6)cc5c4)ccc3C=CC2C1. The maximum absolute atomic E-state index is 5.09. The van der Waals surface area contributed by atoms with E-state index in [4.69, 9.17) is 4.98 Å². The van der Waals surface area contributed by atoms with E-state index in [9.17, 15) is 0 Å². The van der Waals surface area contributed by atoms with Gasteiger partial charge in [0.1, 0.15) is 0 Å². The topological polar surface area (TPSA) is 50.2 Å². The van der Waals surface area contributed by atoms with Gasteiger partial charge in [-0.2, -0.15) is 0 Å². The van der Waals surface area contributed by atoms with E-state index in [2.05, 4.69) is 112 Å². The standard InChI is InChI=1S/C34H24N4/c1-3-22-7-9-24-13-15-29(37-33(24)31(22)35-17-1)26-11-5-21-6-12-27(20-28(21)19-26)30-16-14-25-10-8-23-4-2-18-36-32(23)34(25)38-30/h1-3,5-20,23,29,37H,4H2. The molecule has 1 N–H and O–H groups in total. The van der Waals surface area contributed by atoms with Gasteiger partial charge in [-0.15, -0.1) is 0 Å². The van der Waals surface area contributed by atoms with Crippen LogP contribution in [-0.2, 0) is 0 Å². The second-order valence-corrected chi connectivity index (χ2v) is 10.1. The molecular formula is C34H24N4. The van der Waals surface area contributed by atoms with Crippen molar-refractivity contribution >= 4 is 45.2 Å². The number of aromatic nitrogens is 2. The van der Waals surface area contributed by atoms with Crippen molar-refractivity contribution in [1.29, 1.82) is 0 Å². The highest BCUT2D eigenvalue weighted by Crippen LogP contribution is 2.36. The third kappa shape index (κ3) is 3.41. The van der Waals surface area contributed by atoms with Gasteiger partial charge >= 0.3 is 0 Å². The van der Waals surface area contributed by atoms with Crippen molar-refractivity contribution in [2.45, 2.75) is 12.5 Å². The zero-order valence-electron chi connectivity index (χ0n) is 20.7. The van der Waals surface area contributed by atoms with Crippen molar-refractivity contribution in [2.75, 3.05) is 5.32 Å². The second-order valence-electron chi connectivity index (χ2n) is 10.1. The van der Waals surface area contributed by atoms with Crippen LogP contribution in [0.4, 0.5) is 5.69 Å². The summed E-state index contributed by atoms with van der Waals surface area (Å²) in [6.07, 6.45) is 15.7. The van der Waals surface area contributed by atoms with E-state index in [1.165, 1.54) is 21.9 Å². The number of rotatable bonds is 2. The molecule has 1 aliphatic carbocycles. The predicted molar refractivity (Wildman–Crippen MR) is 157 cm³/mol. The number of allylic oxidation sites excluding steroid dienone is 2. The number of hydrogen-bond acceptors (Lipinski definition) is 4.